The minimum absolute atomic E-state index is 0.194. The summed E-state index contributed by atoms with van der Waals surface area (Å²) in [7, 11) is 0. The molecule has 1 nitrogen and oxygen atoms in total. The van der Waals surface area contributed by atoms with Crippen LogP contribution in [0.3, 0.4) is 0 Å². The van der Waals surface area contributed by atoms with E-state index in [-0.39, 0.29) is 5.82 Å². The first kappa shape index (κ1) is 12.6. The second-order valence-electron chi connectivity index (χ2n) is 4.68. The molecule has 0 radical (unpaired) electrons. The second kappa shape index (κ2) is 5.67. The molecule has 1 unspecified atom stereocenters. The summed E-state index contributed by atoms with van der Waals surface area (Å²) in [5.74, 6) is 0.159. The zero-order chi connectivity index (χ0) is 13.0. The lowest BCUT2D eigenvalue weighted by Crippen LogP contribution is -2.10. The van der Waals surface area contributed by atoms with E-state index in [9.17, 15) is 4.39 Å². The zero-order valence-electron chi connectivity index (χ0n) is 10.8. The zero-order valence-corrected chi connectivity index (χ0v) is 10.8. The molecule has 2 aromatic carbocycles. The summed E-state index contributed by atoms with van der Waals surface area (Å²) in [4.78, 5) is 0. The third-order valence-corrected chi connectivity index (χ3v) is 3.09. The Morgan fingerprint density at radius 2 is 1.83 bits per heavy atom. The Labute approximate surface area is 108 Å². The Bertz CT molecular complexity index is 508. The molecule has 1 N–H and O–H groups in total. The van der Waals surface area contributed by atoms with Gasteiger partial charge in [-0.15, -0.1) is 0 Å². The molecule has 0 amide bonds. The second-order valence-corrected chi connectivity index (χ2v) is 4.68. The quantitative estimate of drug-likeness (QED) is 0.841. The van der Waals surface area contributed by atoms with Gasteiger partial charge >= 0.3 is 0 Å². The molecular weight excluding hydrogens is 225 g/mol. The lowest BCUT2D eigenvalue weighted by Gasteiger charge is -2.14. The number of halogens is 1. The molecular formula is C16H18FN. The van der Waals surface area contributed by atoms with E-state index >= 15 is 0 Å². The molecule has 0 fully saturated rings. The maximum atomic E-state index is 13.6. The normalized spacial score (nSPS) is 12.2. The summed E-state index contributed by atoms with van der Waals surface area (Å²) in [6.45, 7) is 4.83. The van der Waals surface area contributed by atoms with Crippen molar-refractivity contribution in [2.45, 2.75) is 19.8 Å². The van der Waals surface area contributed by atoms with Crippen molar-refractivity contribution < 1.29 is 4.39 Å². The average Bonchev–Trinajstić information content (AvgIpc) is 2.40. The predicted molar refractivity (Wildman–Crippen MR) is 74.5 cm³/mol. The van der Waals surface area contributed by atoms with Crippen LogP contribution in [-0.4, -0.2) is 6.54 Å². The maximum absolute atomic E-state index is 13.6. The van der Waals surface area contributed by atoms with Crippen molar-refractivity contribution >= 4 is 5.69 Å². The molecule has 0 bridgehead atoms. The first-order valence-electron chi connectivity index (χ1n) is 6.22. The third-order valence-electron chi connectivity index (χ3n) is 3.09. The van der Waals surface area contributed by atoms with Crippen LogP contribution in [0.25, 0.3) is 0 Å². The molecule has 94 valence electrons. The Kier molecular flexibility index (Phi) is 3.98. The Morgan fingerprint density at radius 1 is 1.11 bits per heavy atom. The van der Waals surface area contributed by atoms with E-state index in [0.29, 0.717) is 11.6 Å². The molecule has 0 heterocycles. The van der Waals surface area contributed by atoms with E-state index in [1.165, 1.54) is 11.6 Å². The summed E-state index contributed by atoms with van der Waals surface area (Å²) in [6, 6.07) is 15.4. The fourth-order valence-electron chi connectivity index (χ4n) is 1.94. The molecule has 2 rings (SSSR count). The summed E-state index contributed by atoms with van der Waals surface area (Å²) in [5.41, 5.74) is 2.90. The number of anilines is 1. The topological polar surface area (TPSA) is 12.0 Å². The van der Waals surface area contributed by atoms with Gasteiger partial charge in [0.25, 0.3) is 0 Å². The first-order valence-corrected chi connectivity index (χ1v) is 6.22. The van der Waals surface area contributed by atoms with Gasteiger partial charge in [0.2, 0.25) is 0 Å². The van der Waals surface area contributed by atoms with Crippen LogP contribution in [0.15, 0.2) is 48.5 Å². The van der Waals surface area contributed by atoms with Gasteiger partial charge in [0.05, 0.1) is 5.69 Å². The van der Waals surface area contributed by atoms with Gasteiger partial charge in [-0.25, -0.2) is 4.39 Å². The predicted octanol–water partition coefficient (Wildman–Crippen LogP) is 4.35. The van der Waals surface area contributed by atoms with Crippen molar-refractivity contribution in [3.8, 4) is 0 Å². The Hall–Kier alpha value is -1.83. The first-order chi connectivity index (χ1) is 8.66. The molecule has 2 heteroatoms. The molecule has 0 aliphatic rings. The van der Waals surface area contributed by atoms with Crippen LogP contribution in [0, 0.1) is 12.7 Å². The number of nitrogens with one attached hydrogen (secondary N) is 1. The van der Waals surface area contributed by atoms with Crippen LogP contribution in [0.5, 0.6) is 0 Å². The van der Waals surface area contributed by atoms with E-state index < -0.39 is 0 Å². The maximum Gasteiger partial charge on any atom is 0.146 e. The number of hydrogen-bond donors (Lipinski definition) is 1. The van der Waals surface area contributed by atoms with Gasteiger partial charge in [-0.3, -0.25) is 0 Å². The standard InChI is InChI=1S/C16H18FN/c1-12-8-9-15(17)16(10-12)18-11-13(2)14-6-4-3-5-7-14/h3-10,13,18H,11H2,1-2H3. The van der Waals surface area contributed by atoms with E-state index in [1.807, 2.05) is 31.2 Å². The number of hydrogen-bond acceptors (Lipinski definition) is 1. The fourth-order valence-corrected chi connectivity index (χ4v) is 1.94. The summed E-state index contributed by atoms with van der Waals surface area (Å²) < 4.78 is 13.6. The highest BCUT2D eigenvalue weighted by molar-refractivity contribution is 5.47. The molecule has 0 saturated heterocycles. The lowest BCUT2D eigenvalue weighted by atomic mass is 10.0. The van der Waals surface area contributed by atoms with Gasteiger partial charge in [0, 0.05) is 6.54 Å². The van der Waals surface area contributed by atoms with Crippen LogP contribution >= 0.6 is 0 Å². The number of benzene rings is 2. The molecule has 18 heavy (non-hydrogen) atoms. The van der Waals surface area contributed by atoms with Crippen LogP contribution in [0.4, 0.5) is 10.1 Å². The summed E-state index contributed by atoms with van der Waals surface area (Å²) in [5, 5.41) is 3.18. The number of rotatable bonds is 4. The van der Waals surface area contributed by atoms with Gasteiger partial charge in [0.1, 0.15) is 5.82 Å². The number of aryl methyl sites for hydroxylation is 1. The van der Waals surface area contributed by atoms with Crippen LogP contribution in [0.1, 0.15) is 24.0 Å². The third kappa shape index (κ3) is 3.10. The van der Waals surface area contributed by atoms with Crippen molar-refractivity contribution in [1.29, 1.82) is 0 Å². The van der Waals surface area contributed by atoms with Gasteiger partial charge < -0.3 is 5.32 Å². The SMILES string of the molecule is Cc1ccc(F)c(NCC(C)c2ccccc2)c1. The minimum atomic E-state index is -0.194. The van der Waals surface area contributed by atoms with Gasteiger partial charge in [-0.05, 0) is 36.1 Å². The Balaban J connectivity index is 2.01. The van der Waals surface area contributed by atoms with Crippen molar-refractivity contribution in [3.63, 3.8) is 0 Å². The van der Waals surface area contributed by atoms with Crippen molar-refractivity contribution in [2.24, 2.45) is 0 Å². The molecule has 0 aromatic heterocycles. The molecule has 2 aromatic rings. The van der Waals surface area contributed by atoms with E-state index in [1.54, 1.807) is 6.07 Å². The minimum Gasteiger partial charge on any atom is -0.382 e. The molecule has 0 aliphatic heterocycles. The molecule has 0 aliphatic carbocycles. The van der Waals surface area contributed by atoms with Gasteiger partial charge in [-0.1, -0.05) is 43.3 Å². The van der Waals surface area contributed by atoms with Gasteiger partial charge in [0.15, 0.2) is 0 Å². The average molecular weight is 243 g/mol. The van der Waals surface area contributed by atoms with E-state index in [0.717, 1.165) is 12.1 Å². The summed E-state index contributed by atoms with van der Waals surface area (Å²) >= 11 is 0. The van der Waals surface area contributed by atoms with Crippen LogP contribution in [-0.2, 0) is 0 Å². The molecule has 0 saturated carbocycles. The monoisotopic (exact) mass is 243 g/mol. The smallest absolute Gasteiger partial charge is 0.146 e. The van der Waals surface area contributed by atoms with Gasteiger partial charge in [-0.2, -0.15) is 0 Å². The highest BCUT2D eigenvalue weighted by Crippen LogP contribution is 2.19. The molecule has 0 spiro atoms. The van der Waals surface area contributed by atoms with Crippen LogP contribution in [0.2, 0.25) is 0 Å². The van der Waals surface area contributed by atoms with Crippen LogP contribution < -0.4 is 5.32 Å². The van der Waals surface area contributed by atoms with Crippen molar-refractivity contribution in [3.05, 3.63) is 65.5 Å². The lowest BCUT2D eigenvalue weighted by molar-refractivity contribution is 0.628. The van der Waals surface area contributed by atoms with Crippen molar-refractivity contribution in [1.82, 2.24) is 0 Å². The van der Waals surface area contributed by atoms with E-state index in [4.69, 9.17) is 0 Å². The van der Waals surface area contributed by atoms with E-state index in [2.05, 4.69) is 24.4 Å². The van der Waals surface area contributed by atoms with Crippen molar-refractivity contribution in [2.75, 3.05) is 11.9 Å². The summed E-state index contributed by atoms with van der Waals surface area (Å²) in [6.07, 6.45) is 0. The molecule has 1 atom stereocenters. The fraction of sp³-hybridized carbons (Fsp3) is 0.250. The highest BCUT2D eigenvalue weighted by Gasteiger charge is 2.06. The largest absolute Gasteiger partial charge is 0.382 e. The Morgan fingerprint density at radius 3 is 2.56 bits per heavy atom. The highest BCUT2D eigenvalue weighted by atomic mass is 19.1.